The van der Waals surface area contributed by atoms with E-state index in [0.717, 1.165) is 28.0 Å². The smallest absolute Gasteiger partial charge is 0.229 e. The van der Waals surface area contributed by atoms with Crippen molar-refractivity contribution in [2.45, 2.75) is 12.3 Å². The zero-order valence-corrected chi connectivity index (χ0v) is 15.6. The molecule has 1 aliphatic rings. The van der Waals surface area contributed by atoms with Gasteiger partial charge in [-0.25, -0.2) is 4.98 Å². The normalized spacial score (nSPS) is 19.0. The highest BCUT2D eigenvalue weighted by Crippen LogP contribution is 2.49. The average molecular weight is 393 g/mol. The fraction of sp³-hybridized carbons (Fsp3) is 0.222. The van der Waals surface area contributed by atoms with Crippen molar-refractivity contribution in [2.24, 2.45) is 5.92 Å². The van der Waals surface area contributed by atoms with Crippen molar-refractivity contribution in [1.82, 2.24) is 4.98 Å². The number of fused-ring (bicyclic) bond motifs is 1. The molecule has 3 aromatic rings. The molecular formula is C18H14Cl2N2O2S. The van der Waals surface area contributed by atoms with Gasteiger partial charge in [-0.05, 0) is 54.3 Å². The number of nitrogens with zero attached hydrogens (tertiary/aromatic N) is 1. The van der Waals surface area contributed by atoms with Crippen LogP contribution in [0.25, 0.3) is 10.2 Å². The summed E-state index contributed by atoms with van der Waals surface area (Å²) in [6.45, 7) is 0. The highest BCUT2D eigenvalue weighted by atomic mass is 35.5. The number of aromatic nitrogens is 1. The van der Waals surface area contributed by atoms with Gasteiger partial charge in [-0.15, -0.1) is 0 Å². The number of halogens is 2. The fourth-order valence-electron chi connectivity index (χ4n) is 2.93. The highest BCUT2D eigenvalue weighted by Gasteiger charge is 2.44. The Labute approximate surface area is 158 Å². The monoisotopic (exact) mass is 392 g/mol. The van der Waals surface area contributed by atoms with E-state index in [1.807, 2.05) is 30.3 Å². The molecule has 1 aliphatic carbocycles. The van der Waals surface area contributed by atoms with Crippen LogP contribution in [0.2, 0.25) is 10.0 Å². The van der Waals surface area contributed by atoms with Gasteiger partial charge in [0.25, 0.3) is 0 Å². The molecule has 7 heteroatoms. The molecule has 0 unspecified atom stereocenters. The van der Waals surface area contributed by atoms with E-state index in [9.17, 15) is 4.79 Å². The molecule has 1 saturated carbocycles. The molecule has 4 nitrogen and oxygen atoms in total. The van der Waals surface area contributed by atoms with Crippen LogP contribution in [0, 0.1) is 5.92 Å². The number of anilines is 1. The van der Waals surface area contributed by atoms with Gasteiger partial charge in [0.05, 0.1) is 17.3 Å². The third-order valence-corrected chi connectivity index (χ3v) is 5.64. The predicted octanol–water partition coefficient (Wildman–Crippen LogP) is 5.35. The second-order valence-electron chi connectivity index (χ2n) is 5.99. The summed E-state index contributed by atoms with van der Waals surface area (Å²) in [5.74, 6) is 0.836. The second kappa shape index (κ2) is 6.48. The molecule has 1 amide bonds. The summed E-state index contributed by atoms with van der Waals surface area (Å²) in [6.07, 6.45) is 0.793. The molecule has 1 N–H and O–H groups in total. The van der Waals surface area contributed by atoms with Crippen LogP contribution in [0.15, 0.2) is 36.4 Å². The van der Waals surface area contributed by atoms with Crippen LogP contribution >= 0.6 is 34.5 Å². The Morgan fingerprint density at radius 2 is 2.00 bits per heavy atom. The van der Waals surface area contributed by atoms with Gasteiger partial charge in [0, 0.05) is 16.0 Å². The number of hydrogen-bond donors (Lipinski definition) is 1. The molecule has 128 valence electrons. The molecule has 1 aromatic heterocycles. The third kappa shape index (κ3) is 3.45. The number of nitrogens with one attached hydrogen (secondary N) is 1. The van der Waals surface area contributed by atoms with E-state index in [1.54, 1.807) is 13.2 Å². The molecule has 1 heterocycles. The molecular weight excluding hydrogens is 379 g/mol. The zero-order valence-electron chi connectivity index (χ0n) is 13.3. The van der Waals surface area contributed by atoms with Gasteiger partial charge in [-0.3, -0.25) is 4.79 Å². The van der Waals surface area contributed by atoms with E-state index >= 15 is 0 Å². The van der Waals surface area contributed by atoms with E-state index in [-0.39, 0.29) is 17.7 Å². The van der Waals surface area contributed by atoms with Crippen molar-refractivity contribution in [2.75, 3.05) is 12.4 Å². The number of benzene rings is 2. The number of amides is 1. The quantitative estimate of drug-likeness (QED) is 0.650. The minimum Gasteiger partial charge on any atom is -0.497 e. The maximum atomic E-state index is 12.5. The molecule has 0 bridgehead atoms. The Balaban J connectivity index is 1.48. The summed E-state index contributed by atoms with van der Waals surface area (Å²) in [7, 11) is 1.63. The molecule has 0 aliphatic heterocycles. The molecule has 2 atom stereocenters. The number of methoxy groups -OCH3 is 1. The molecule has 25 heavy (non-hydrogen) atoms. The number of carbonyl (C=O) groups is 1. The summed E-state index contributed by atoms with van der Waals surface area (Å²) < 4.78 is 6.19. The molecule has 0 radical (unpaired) electrons. The second-order valence-corrected chi connectivity index (χ2v) is 7.90. The van der Waals surface area contributed by atoms with Gasteiger partial charge in [0.1, 0.15) is 5.75 Å². The Morgan fingerprint density at radius 1 is 1.24 bits per heavy atom. The lowest BCUT2D eigenvalue weighted by Crippen LogP contribution is -2.14. The summed E-state index contributed by atoms with van der Waals surface area (Å²) >= 11 is 13.5. The van der Waals surface area contributed by atoms with Crippen LogP contribution in [0.4, 0.5) is 5.13 Å². The van der Waals surface area contributed by atoms with Crippen molar-refractivity contribution in [1.29, 1.82) is 0 Å². The maximum absolute atomic E-state index is 12.5. The van der Waals surface area contributed by atoms with E-state index in [1.165, 1.54) is 11.3 Å². The summed E-state index contributed by atoms with van der Waals surface area (Å²) in [4.78, 5) is 16.9. The van der Waals surface area contributed by atoms with Crippen LogP contribution in [-0.4, -0.2) is 18.0 Å². The summed E-state index contributed by atoms with van der Waals surface area (Å²) in [6, 6.07) is 11.1. The lowest BCUT2D eigenvalue weighted by atomic mass is 10.1. The van der Waals surface area contributed by atoms with Gasteiger partial charge in [0.15, 0.2) is 5.13 Å². The minimum atomic E-state index is -0.0731. The first kappa shape index (κ1) is 16.6. The fourth-order valence-corrected chi connectivity index (χ4v) is 4.37. The first-order chi connectivity index (χ1) is 12.0. The number of thiazole rings is 1. The average Bonchev–Trinajstić information content (AvgIpc) is 3.28. The topological polar surface area (TPSA) is 51.2 Å². The van der Waals surface area contributed by atoms with Crippen molar-refractivity contribution in [3.05, 3.63) is 52.0 Å². The molecule has 1 fully saturated rings. The Bertz CT molecular complexity index is 953. The van der Waals surface area contributed by atoms with Crippen LogP contribution in [0.3, 0.4) is 0 Å². The molecule has 2 aromatic carbocycles. The number of ether oxygens (including phenoxy) is 1. The SMILES string of the molecule is COc1ccc2nc(NC(=O)[C@H]3C[C@H]3c3cc(Cl)cc(Cl)c3)sc2c1. The minimum absolute atomic E-state index is 0.0212. The van der Waals surface area contributed by atoms with E-state index in [0.29, 0.717) is 15.2 Å². The van der Waals surface area contributed by atoms with Gasteiger partial charge in [-0.2, -0.15) is 0 Å². The van der Waals surface area contributed by atoms with Gasteiger partial charge < -0.3 is 10.1 Å². The third-order valence-electron chi connectivity index (χ3n) is 4.27. The number of rotatable bonds is 4. The van der Waals surface area contributed by atoms with Crippen LogP contribution in [-0.2, 0) is 4.79 Å². The molecule has 0 spiro atoms. The standard InChI is InChI=1S/C18H14Cl2N2O2S/c1-24-12-2-3-15-16(7-12)25-18(21-15)22-17(23)14-8-13(14)9-4-10(19)6-11(20)5-9/h2-7,13-14H,8H2,1H3,(H,21,22,23)/t13-,14-/m0/s1. The van der Waals surface area contributed by atoms with Gasteiger partial charge >= 0.3 is 0 Å². The number of hydrogen-bond acceptors (Lipinski definition) is 4. The summed E-state index contributed by atoms with van der Waals surface area (Å²) in [5.41, 5.74) is 1.85. The lowest BCUT2D eigenvalue weighted by Gasteiger charge is -2.03. The lowest BCUT2D eigenvalue weighted by molar-refractivity contribution is -0.117. The predicted molar refractivity (Wildman–Crippen MR) is 102 cm³/mol. The Hall–Kier alpha value is -1.82. The van der Waals surface area contributed by atoms with Gasteiger partial charge in [0.2, 0.25) is 5.91 Å². The van der Waals surface area contributed by atoms with E-state index < -0.39 is 0 Å². The number of carbonyl (C=O) groups excluding carboxylic acids is 1. The van der Waals surface area contributed by atoms with Crippen molar-refractivity contribution < 1.29 is 9.53 Å². The first-order valence-electron chi connectivity index (χ1n) is 7.75. The molecule has 0 saturated heterocycles. The Kier molecular flexibility index (Phi) is 4.31. The van der Waals surface area contributed by atoms with Crippen LogP contribution < -0.4 is 10.1 Å². The Morgan fingerprint density at radius 3 is 2.72 bits per heavy atom. The van der Waals surface area contributed by atoms with E-state index in [2.05, 4.69) is 10.3 Å². The molecule has 4 rings (SSSR count). The van der Waals surface area contributed by atoms with E-state index in [4.69, 9.17) is 27.9 Å². The zero-order chi connectivity index (χ0) is 17.6. The summed E-state index contributed by atoms with van der Waals surface area (Å²) in [5, 5.41) is 4.70. The largest absolute Gasteiger partial charge is 0.497 e. The van der Waals surface area contributed by atoms with Crippen molar-refractivity contribution >= 4 is 55.8 Å². The van der Waals surface area contributed by atoms with Crippen molar-refractivity contribution in [3.8, 4) is 5.75 Å². The van der Waals surface area contributed by atoms with Gasteiger partial charge in [-0.1, -0.05) is 34.5 Å². The highest BCUT2D eigenvalue weighted by molar-refractivity contribution is 7.22. The van der Waals surface area contributed by atoms with Crippen molar-refractivity contribution in [3.63, 3.8) is 0 Å². The maximum Gasteiger partial charge on any atom is 0.229 e. The van der Waals surface area contributed by atoms with Crippen LogP contribution in [0.1, 0.15) is 17.9 Å². The van der Waals surface area contributed by atoms with Crippen LogP contribution in [0.5, 0.6) is 5.75 Å². The first-order valence-corrected chi connectivity index (χ1v) is 9.32.